The lowest BCUT2D eigenvalue weighted by atomic mass is 10.2. The SMILES string of the molecule is Cc1ccccc1Oc1ccc(S(=O)(=O)N2CCC(N3C(=O)COC3=O)C2)cc1. The molecule has 0 bridgehead atoms. The summed E-state index contributed by atoms with van der Waals surface area (Å²) < 4.78 is 37.7. The van der Waals surface area contributed by atoms with Crippen LogP contribution in [0.25, 0.3) is 0 Å². The van der Waals surface area contributed by atoms with Crippen LogP contribution >= 0.6 is 0 Å². The summed E-state index contributed by atoms with van der Waals surface area (Å²) in [6.45, 7) is 1.93. The van der Waals surface area contributed by atoms with Crippen LogP contribution in [0.3, 0.4) is 0 Å². The summed E-state index contributed by atoms with van der Waals surface area (Å²) in [5.74, 6) is 0.799. The summed E-state index contributed by atoms with van der Waals surface area (Å²) in [5.41, 5.74) is 0.974. The average Bonchev–Trinajstić information content (AvgIpc) is 3.31. The van der Waals surface area contributed by atoms with Gasteiger partial charge in [0, 0.05) is 13.1 Å². The first-order chi connectivity index (χ1) is 13.9. The van der Waals surface area contributed by atoms with Crippen molar-refractivity contribution in [1.82, 2.24) is 9.21 Å². The number of carbonyl (C=O) groups excluding carboxylic acids is 2. The fourth-order valence-corrected chi connectivity index (χ4v) is 4.98. The minimum Gasteiger partial charge on any atom is -0.457 e. The minimum absolute atomic E-state index is 0.0602. The van der Waals surface area contributed by atoms with Gasteiger partial charge in [-0.05, 0) is 49.2 Å². The van der Waals surface area contributed by atoms with Crippen LogP contribution in [0.5, 0.6) is 11.5 Å². The number of rotatable bonds is 5. The van der Waals surface area contributed by atoms with Crippen molar-refractivity contribution < 1.29 is 27.5 Å². The van der Waals surface area contributed by atoms with E-state index in [1.165, 1.54) is 16.4 Å². The van der Waals surface area contributed by atoms with Crippen LogP contribution in [0.15, 0.2) is 53.4 Å². The number of amides is 2. The maximum absolute atomic E-state index is 12.9. The second-order valence-corrected chi connectivity index (χ2v) is 8.90. The highest BCUT2D eigenvalue weighted by Gasteiger charge is 2.43. The molecule has 2 aromatic rings. The number of aryl methyl sites for hydroxylation is 1. The van der Waals surface area contributed by atoms with Gasteiger partial charge in [0.25, 0.3) is 5.91 Å². The number of cyclic esters (lactones) is 1. The summed E-state index contributed by atoms with van der Waals surface area (Å²) in [6.07, 6.45) is -0.328. The largest absolute Gasteiger partial charge is 0.457 e. The van der Waals surface area contributed by atoms with Crippen LogP contribution < -0.4 is 4.74 Å². The Kier molecular flexibility index (Phi) is 5.01. The molecule has 0 aliphatic carbocycles. The molecule has 2 fully saturated rings. The molecule has 8 nitrogen and oxygen atoms in total. The molecule has 0 saturated carbocycles. The number of nitrogens with zero attached hydrogens (tertiary/aromatic N) is 2. The average molecular weight is 416 g/mol. The third-order valence-corrected chi connectivity index (χ3v) is 6.94. The van der Waals surface area contributed by atoms with E-state index in [-0.39, 0.29) is 24.6 Å². The number of sulfonamides is 1. The fourth-order valence-electron chi connectivity index (χ4n) is 3.48. The van der Waals surface area contributed by atoms with E-state index in [0.717, 1.165) is 10.5 Å². The van der Waals surface area contributed by atoms with Crippen molar-refractivity contribution >= 4 is 22.0 Å². The van der Waals surface area contributed by atoms with Crippen LogP contribution in [0.4, 0.5) is 4.79 Å². The third kappa shape index (κ3) is 3.70. The van der Waals surface area contributed by atoms with Gasteiger partial charge < -0.3 is 9.47 Å². The quantitative estimate of drug-likeness (QED) is 0.744. The zero-order chi connectivity index (χ0) is 20.6. The van der Waals surface area contributed by atoms with Crippen LogP contribution in [-0.2, 0) is 19.6 Å². The molecule has 152 valence electrons. The predicted octanol–water partition coefficient (Wildman–Crippen LogP) is 2.53. The van der Waals surface area contributed by atoms with Gasteiger partial charge in [-0.2, -0.15) is 4.31 Å². The number of carbonyl (C=O) groups is 2. The monoisotopic (exact) mass is 416 g/mol. The summed E-state index contributed by atoms with van der Waals surface area (Å²) in [4.78, 5) is 24.7. The number of hydrogen-bond acceptors (Lipinski definition) is 6. The molecule has 0 aromatic heterocycles. The molecule has 9 heteroatoms. The summed E-state index contributed by atoms with van der Waals surface area (Å²) in [6, 6.07) is 13.2. The van der Waals surface area contributed by atoms with Gasteiger partial charge in [-0.1, -0.05) is 18.2 Å². The van der Waals surface area contributed by atoms with E-state index in [1.54, 1.807) is 12.1 Å². The summed E-state index contributed by atoms with van der Waals surface area (Å²) in [5, 5.41) is 0. The van der Waals surface area contributed by atoms with E-state index in [0.29, 0.717) is 17.9 Å². The van der Waals surface area contributed by atoms with E-state index < -0.39 is 28.1 Å². The normalized spacial score (nSPS) is 20.2. The van der Waals surface area contributed by atoms with Crippen molar-refractivity contribution in [2.45, 2.75) is 24.3 Å². The number of imide groups is 1. The van der Waals surface area contributed by atoms with Gasteiger partial charge in [0.2, 0.25) is 10.0 Å². The Hall–Kier alpha value is -2.91. The molecule has 0 spiro atoms. The lowest BCUT2D eigenvalue weighted by Gasteiger charge is -2.20. The van der Waals surface area contributed by atoms with Crippen LogP contribution in [0.1, 0.15) is 12.0 Å². The molecule has 2 aliphatic heterocycles. The van der Waals surface area contributed by atoms with E-state index in [9.17, 15) is 18.0 Å². The topological polar surface area (TPSA) is 93.2 Å². The van der Waals surface area contributed by atoms with Crippen molar-refractivity contribution in [2.24, 2.45) is 0 Å². The maximum Gasteiger partial charge on any atom is 0.417 e. The molecule has 29 heavy (non-hydrogen) atoms. The molecule has 0 N–H and O–H groups in total. The molecule has 4 rings (SSSR count). The van der Waals surface area contributed by atoms with E-state index in [2.05, 4.69) is 0 Å². The lowest BCUT2D eigenvalue weighted by molar-refractivity contribution is -0.127. The highest BCUT2D eigenvalue weighted by atomic mass is 32.2. The van der Waals surface area contributed by atoms with E-state index in [4.69, 9.17) is 9.47 Å². The van der Waals surface area contributed by atoms with Gasteiger partial charge in [0.1, 0.15) is 11.5 Å². The maximum atomic E-state index is 12.9. The first kappa shape index (κ1) is 19.4. The number of para-hydroxylation sites is 1. The molecule has 0 radical (unpaired) electrons. The Morgan fingerprint density at radius 1 is 1.07 bits per heavy atom. The van der Waals surface area contributed by atoms with Crippen molar-refractivity contribution in [2.75, 3.05) is 19.7 Å². The van der Waals surface area contributed by atoms with Crippen LogP contribution in [0, 0.1) is 6.92 Å². The molecule has 2 heterocycles. The molecule has 1 unspecified atom stereocenters. The van der Waals surface area contributed by atoms with Gasteiger partial charge in [-0.3, -0.25) is 4.79 Å². The smallest absolute Gasteiger partial charge is 0.417 e. The van der Waals surface area contributed by atoms with E-state index in [1.807, 2.05) is 31.2 Å². The highest BCUT2D eigenvalue weighted by molar-refractivity contribution is 7.89. The molecule has 2 aromatic carbocycles. The molecule has 2 saturated heterocycles. The van der Waals surface area contributed by atoms with Crippen molar-refractivity contribution in [3.63, 3.8) is 0 Å². The summed E-state index contributed by atoms with van der Waals surface area (Å²) >= 11 is 0. The first-order valence-electron chi connectivity index (χ1n) is 9.19. The molecule has 1 atom stereocenters. The van der Waals surface area contributed by atoms with Crippen molar-refractivity contribution in [1.29, 1.82) is 0 Å². The Morgan fingerprint density at radius 2 is 1.79 bits per heavy atom. The first-order valence-corrected chi connectivity index (χ1v) is 10.6. The molecular weight excluding hydrogens is 396 g/mol. The van der Waals surface area contributed by atoms with Gasteiger partial charge >= 0.3 is 6.09 Å². The Balaban J connectivity index is 1.47. The Labute approximate surface area is 168 Å². The Morgan fingerprint density at radius 3 is 2.45 bits per heavy atom. The third-order valence-electron chi connectivity index (χ3n) is 5.06. The van der Waals surface area contributed by atoms with Gasteiger partial charge in [-0.15, -0.1) is 0 Å². The lowest BCUT2D eigenvalue weighted by Crippen LogP contribution is -2.42. The molecular formula is C20H20N2O6S. The second-order valence-electron chi connectivity index (χ2n) is 6.96. The Bertz CT molecular complexity index is 1030. The predicted molar refractivity (Wildman–Crippen MR) is 103 cm³/mol. The van der Waals surface area contributed by atoms with E-state index >= 15 is 0 Å². The van der Waals surface area contributed by atoms with Gasteiger partial charge in [0.15, 0.2) is 6.61 Å². The summed E-state index contributed by atoms with van der Waals surface area (Å²) in [7, 11) is -3.75. The zero-order valence-electron chi connectivity index (χ0n) is 15.8. The zero-order valence-corrected chi connectivity index (χ0v) is 16.6. The van der Waals surface area contributed by atoms with Crippen molar-refractivity contribution in [3.05, 3.63) is 54.1 Å². The van der Waals surface area contributed by atoms with Crippen LogP contribution in [-0.4, -0.2) is 55.4 Å². The molecule has 2 amide bonds. The second kappa shape index (κ2) is 7.49. The van der Waals surface area contributed by atoms with Crippen LogP contribution in [0.2, 0.25) is 0 Å². The standard InChI is InChI=1S/C20H20N2O6S/c1-14-4-2-3-5-18(14)28-16-6-8-17(9-7-16)29(25,26)21-11-10-15(12-21)22-19(23)13-27-20(22)24/h2-9,15H,10-13H2,1H3. The number of benzene rings is 2. The fraction of sp³-hybridized carbons (Fsp3) is 0.300. The number of ether oxygens (including phenoxy) is 2. The number of hydrogen-bond donors (Lipinski definition) is 0. The van der Waals surface area contributed by atoms with Gasteiger partial charge in [-0.25, -0.2) is 18.1 Å². The highest BCUT2D eigenvalue weighted by Crippen LogP contribution is 2.29. The van der Waals surface area contributed by atoms with Crippen molar-refractivity contribution in [3.8, 4) is 11.5 Å². The molecule has 2 aliphatic rings. The van der Waals surface area contributed by atoms with Gasteiger partial charge in [0.05, 0.1) is 10.9 Å². The minimum atomic E-state index is -3.75.